The molecule has 14 heavy (non-hydrogen) atoms. The average Bonchev–Trinajstić information content (AvgIpc) is 2.45. The molecule has 3 N–H and O–H groups in total. The molecule has 0 spiro atoms. The van der Waals surface area contributed by atoms with Crippen molar-refractivity contribution in [3.8, 4) is 0 Å². The van der Waals surface area contributed by atoms with Crippen LogP contribution in [0.3, 0.4) is 0 Å². The number of hydrogen-bond donors (Lipinski definition) is 2. The number of aromatic amines is 1. The van der Waals surface area contributed by atoms with E-state index in [0.29, 0.717) is 5.58 Å². The van der Waals surface area contributed by atoms with Crippen molar-refractivity contribution in [2.24, 2.45) is 5.73 Å². The SMILES string of the molecule is CC(N)Cc1cccc2oc(=O)[nH]c12. The summed E-state index contributed by atoms with van der Waals surface area (Å²) in [6.07, 6.45) is 0.729. The molecule has 0 saturated carbocycles. The summed E-state index contributed by atoms with van der Waals surface area (Å²) in [6.45, 7) is 1.93. The first-order chi connectivity index (χ1) is 6.66. The van der Waals surface area contributed by atoms with Gasteiger partial charge in [-0.1, -0.05) is 12.1 Å². The van der Waals surface area contributed by atoms with E-state index in [0.717, 1.165) is 17.5 Å². The quantitative estimate of drug-likeness (QED) is 0.745. The first-order valence-corrected chi connectivity index (χ1v) is 4.53. The second-order valence-electron chi connectivity index (χ2n) is 3.49. The zero-order chi connectivity index (χ0) is 10.1. The van der Waals surface area contributed by atoms with Gasteiger partial charge in [0.2, 0.25) is 0 Å². The molecule has 0 amide bonds. The van der Waals surface area contributed by atoms with Crippen LogP contribution in [0.1, 0.15) is 12.5 Å². The van der Waals surface area contributed by atoms with Crippen LogP contribution >= 0.6 is 0 Å². The van der Waals surface area contributed by atoms with Crippen LogP contribution in [0, 0.1) is 0 Å². The molecule has 74 valence electrons. The van der Waals surface area contributed by atoms with Crippen LogP contribution in [0.2, 0.25) is 0 Å². The Morgan fingerprint density at radius 2 is 2.36 bits per heavy atom. The molecule has 1 aromatic carbocycles. The summed E-state index contributed by atoms with van der Waals surface area (Å²) in [4.78, 5) is 13.6. The fourth-order valence-electron chi connectivity index (χ4n) is 1.55. The Morgan fingerprint density at radius 3 is 3.07 bits per heavy atom. The molecule has 0 aliphatic carbocycles. The third kappa shape index (κ3) is 1.56. The zero-order valence-corrected chi connectivity index (χ0v) is 7.91. The smallest absolute Gasteiger partial charge is 0.408 e. The van der Waals surface area contributed by atoms with Gasteiger partial charge in [-0.2, -0.15) is 0 Å². The molecular formula is C10H12N2O2. The number of hydrogen-bond acceptors (Lipinski definition) is 3. The minimum absolute atomic E-state index is 0.0685. The van der Waals surface area contributed by atoms with Gasteiger partial charge in [0.1, 0.15) is 0 Å². The van der Waals surface area contributed by atoms with Gasteiger partial charge in [-0.05, 0) is 25.0 Å². The number of aromatic nitrogens is 1. The van der Waals surface area contributed by atoms with E-state index in [1.54, 1.807) is 6.07 Å². The highest BCUT2D eigenvalue weighted by Gasteiger charge is 2.07. The first kappa shape index (κ1) is 9.02. The fraction of sp³-hybridized carbons (Fsp3) is 0.300. The molecule has 4 nitrogen and oxygen atoms in total. The van der Waals surface area contributed by atoms with E-state index >= 15 is 0 Å². The largest absolute Gasteiger partial charge is 0.417 e. The van der Waals surface area contributed by atoms with Crippen molar-refractivity contribution in [1.82, 2.24) is 4.98 Å². The van der Waals surface area contributed by atoms with Crippen molar-refractivity contribution in [3.63, 3.8) is 0 Å². The van der Waals surface area contributed by atoms with E-state index in [9.17, 15) is 4.79 Å². The van der Waals surface area contributed by atoms with Gasteiger partial charge in [-0.15, -0.1) is 0 Å². The van der Waals surface area contributed by atoms with Gasteiger partial charge in [0.25, 0.3) is 0 Å². The Labute approximate surface area is 80.7 Å². The van der Waals surface area contributed by atoms with Crippen molar-refractivity contribution < 1.29 is 4.42 Å². The lowest BCUT2D eigenvalue weighted by Crippen LogP contribution is -2.17. The highest BCUT2D eigenvalue weighted by Crippen LogP contribution is 2.15. The Balaban J connectivity index is 2.58. The lowest BCUT2D eigenvalue weighted by molar-refractivity contribution is 0.555. The van der Waals surface area contributed by atoms with Crippen molar-refractivity contribution >= 4 is 11.1 Å². The Morgan fingerprint density at radius 1 is 1.57 bits per heavy atom. The number of nitrogens with two attached hydrogens (primary N) is 1. The Bertz CT molecular complexity index is 496. The van der Waals surface area contributed by atoms with Crippen LogP contribution in [-0.2, 0) is 6.42 Å². The Kier molecular flexibility index (Phi) is 2.13. The van der Waals surface area contributed by atoms with E-state index in [1.165, 1.54) is 0 Å². The molecule has 0 fully saturated rings. The summed E-state index contributed by atoms with van der Waals surface area (Å²) in [5.41, 5.74) is 8.07. The van der Waals surface area contributed by atoms with Crippen LogP contribution < -0.4 is 11.5 Å². The number of para-hydroxylation sites is 1. The summed E-state index contributed by atoms with van der Waals surface area (Å²) in [6, 6.07) is 5.63. The summed E-state index contributed by atoms with van der Waals surface area (Å²) in [5.74, 6) is -0.419. The molecule has 0 saturated heterocycles. The summed E-state index contributed by atoms with van der Waals surface area (Å²) < 4.78 is 4.94. The third-order valence-electron chi connectivity index (χ3n) is 2.08. The molecule has 0 bridgehead atoms. The maximum atomic E-state index is 11.0. The monoisotopic (exact) mass is 192 g/mol. The minimum atomic E-state index is -0.419. The van der Waals surface area contributed by atoms with Crippen molar-refractivity contribution in [3.05, 3.63) is 34.3 Å². The number of rotatable bonds is 2. The van der Waals surface area contributed by atoms with Gasteiger partial charge in [-0.25, -0.2) is 4.79 Å². The molecule has 2 aromatic rings. The Hall–Kier alpha value is -1.55. The number of fused-ring (bicyclic) bond motifs is 1. The van der Waals surface area contributed by atoms with Gasteiger partial charge in [0, 0.05) is 6.04 Å². The van der Waals surface area contributed by atoms with Gasteiger partial charge in [-0.3, -0.25) is 4.98 Å². The van der Waals surface area contributed by atoms with Crippen molar-refractivity contribution in [2.75, 3.05) is 0 Å². The fourth-order valence-corrected chi connectivity index (χ4v) is 1.55. The topological polar surface area (TPSA) is 72.0 Å². The molecule has 1 aromatic heterocycles. The molecule has 1 atom stereocenters. The predicted molar refractivity (Wildman–Crippen MR) is 54.2 cm³/mol. The van der Waals surface area contributed by atoms with E-state index in [4.69, 9.17) is 10.2 Å². The molecule has 4 heteroatoms. The van der Waals surface area contributed by atoms with Crippen LogP contribution in [0.25, 0.3) is 11.1 Å². The lowest BCUT2D eigenvalue weighted by Gasteiger charge is -2.04. The second-order valence-corrected chi connectivity index (χ2v) is 3.49. The zero-order valence-electron chi connectivity index (χ0n) is 7.91. The van der Waals surface area contributed by atoms with E-state index < -0.39 is 5.76 Å². The third-order valence-corrected chi connectivity index (χ3v) is 2.08. The van der Waals surface area contributed by atoms with E-state index in [2.05, 4.69) is 4.98 Å². The van der Waals surface area contributed by atoms with E-state index in [-0.39, 0.29) is 6.04 Å². The molecule has 0 radical (unpaired) electrons. The lowest BCUT2D eigenvalue weighted by atomic mass is 10.1. The highest BCUT2D eigenvalue weighted by atomic mass is 16.4. The van der Waals surface area contributed by atoms with Gasteiger partial charge >= 0.3 is 5.76 Å². The maximum absolute atomic E-state index is 11.0. The standard InChI is InChI=1S/C10H12N2O2/c1-6(11)5-7-3-2-4-8-9(7)12-10(13)14-8/h2-4,6H,5,11H2,1H3,(H,12,13). The second kappa shape index (κ2) is 3.31. The van der Waals surface area contributed by atoms with Gasteiger partial charge in [0.05, 0.1) is 5.52 Å². The van der Waals surface area contributed by atoms with Gasteiger partial charge < -0.3 is 10.2 Å². The number of oxazole rings is 1. The highest BCUT2D eigenvalue weighted by molar-refractivity contribution is 5.76. The summed E-state index contributed by atoms with van der Waals surface area (Å²) >= 11 is 0. The molecular weight excluding hydrogens is 180 g/mol. The summed E-state index contributed by atoms with van der Waals surface area (Å²) in [5, 5.41) is 0. The number of H-pyrrole nitrogens is 1. The normalized spacial score (nSPS) is 13.3. The maximum Gasteiger partial charge on any atom is 0.417 e. The molecule has 2 rings (SSSR count). The number of benzene rings is 1. The average molecular weight is 192 g/mol. The van der Waals surface area contributed by atoms with Crippen LogP contribution in [0.4, 0.5) is 0 Å². The molecule has 0 aliphatic heterocycles. The molecule has 1 unspecified atom stereocenters. The van der Waals surface area contributed by atoms with E-state index in [1.807, 2.05) is 19.1 Å². The number of nitrogens with one attached hydrogen (secondary N) is 1. The van der Waals surface area contributed by atoms with Crippen LogP contribution in [0.15, 0.2) is 27.4 Å². The summed E-state index contributed by atoms with van der Waals surface area (Å²) in [7, 11) is 0. The first-order valence-electron chi connectivity index (χ1n) is 4.53. The van der Waals surface area contributed by atoms with Crippen LogP contribution in [0.5, 0.6) is 0 Å². The van der Waals surface area contributed by atoms with Crippen molar-refractivity contribution in [2.45, 2.75) is 19.4 Å². The predicted octanol–water partition coefficient (Wildman–Crippen LogP) is 1.01. The van der Waals surface area contributed by atoms with Crippen LogP contribution in [-0.4, -0.2) is 11.0 Å². The minimum Gasteiger partial charge on any atom is -0.408 e. The van der Waals surface area contributed by atoms with Gasteiger partial charge in [0.15, 0.2) is 5.58 Å². The molecule has 0 aliphatic rings. The van der Waals surface area contributed by atoms with Crippen molar-refractivity contribution in [1.29, 1.82) is 0 Å². The molecule has 1 heterocycles.